The van der Waals surface area contributed by atoms with E-state index in [2.05, 4.69) is 4.90 Å². The van der Waals surface area contributed by atoms with E-state index in [4.69, 9.17) is 15.1 Å². The maximum atomic E-state index is 7.17. The molecule has 12 heavy (non-hydrogen) atoms. The van der Waals surface area contributed by atoms with Gasteiger partial charge in [-0.2, -0.15) is 0 Å². The van der Waals surface area contributed by atoms with Gasteiger partial charge in [-0.15, -0.1) is 0 Å². The summed E-state index contributed by atoms with van der Waals surface area (Å²) >= 11 is 1.05. The molecular weight excluding hydrogens is 184 g/mol. The molecule has 0 saturated carbocycles. The quantitative estimate of drug-likeness (QED) is 0.452. The van der Waals surface area contributed by atoms with Gasteiger partial charge in [-0.1, -0.05) is 0 Å². The first-order chi connectivity index (χ1) is 5.66. The molecule has 0 radical (unpaired) electrons. The maximum absolute atomic E-state index is 7.17. The minimum absolute atomic E-state index is 1.05. The number of likely N-dealkylation sites (tertiary alicyclic amines) is 1. The molecule has 4 nitrogen and oxygen atoms in total. The first kappa shape index (κ1) is 13.5. The SMILES string of the molecule is OB(O)O.[K][CH2]N1CCCCC1. The molecule has 0 aromatic carbocycles. The monoisotopic (exact) mass is 199 g/mol. The Morgan fingerprint density at radius 1 is 1.08 bits per heavy atom. The Balaban J connectivity index is 0.000000261. The molecule has 0 amide bonds. The second-order valence-corrected chi connectivity index (χ2v) is 3.83. The van der Waals surface area contributed by atoms with Gasteiger partial charge in [0.1, 0.15) is 0 Å². The number of piperidine rings is 1. The Morgan fingerprint density at radius 2 is 1.50 bits per heavy atom. The van der Waals surface area contributed by atoms with E-state index in [-0.39, 0.29) is 0 Å². The van der Waals surface area contributed by atoms with E-state index in [9.17, 15) is 0 Å². The third-order valence-corrected chi connectivity index (χ3v) is 3.29. The molecule has 0 aromatic rings. The molecule has 1 aliphatic heterocycles. The average Bonchev–Trinajstić information content (AvgIpc) is 2.05. The predicted octanol–water partition coefficient (Wildman–Crippen LogP) is -1.45. The molecule has 1 fully saturated rings. The fraction of sp³-hybridized carbons (Fsp3) is 1.00. The zero-order chi connectivity index (χ0) is 9.40. The summed E-state index contributed by atoms with van der Waals surface area (Å²) in [6.45, 7) is 2.78. The Hall–Kier alpha value is 1.54. The van der Waals surface area contributed by atoms with Crippen molar-refractivity contribution in [2.24, 2.45) is 0 Å². The van der Waals surface area contributed by atoms with Crippen LogP contribution in [0.3, 0.4) is 0 Å². The van der Waals surface area contributed by atoms with Crippen molar-refractivity contribution in [1.82, 2.24) is 4.90 Å². The van der Waals surface area contributed by atoms with E-state index < -0.39 is 7.32 Å². The van der Waals surface area contributed by atoms with E-state index in [1.165, 1.54) is 33.0 Å². The molecule has 1 aliphatic rings. The molecule has 0 aromatic heterocycles. The molecule has 66 valence electrons. The second-order valence-electron chi connectivity index (χ2n) is 2.84. The average molecular weight is 199 g/mol. The van der Waals surface area contributed by atoms with Crippen LogP contribution in [0.5, 0.6) is 0 Å². The Morgan fingerprint density at radius 3 is 1.75 bits per heavy atom. The van der Waals surface area contributed by atoms with Gasteiger partial charge in [-0.25, -0.2) is 0 Å². The minimum atomic E-state index is -2.17. The van der Waals surface area contributed by atoms with Gasteiger partial charge in [0.2, 0.25) is 0 Å². The summed E-state index contributed by atoms with van der Waals surface area (Å²) in [5, 5.41) is 21.5. The van der Waals surface area contributed by atoms with Gasteiger partial charge in [0, 0.05) is 0 Å². The van der Waals surface area contributed by atoms with Gasteiger partial charge in [-0.05, 0) is 0 Å². The van der Waals surface area contributed by atoms with Crippen LogP contribution in [-0.2, 0) is 0 Å². The summed E-state index contributed by atoms with van der Waals surface area (Å²) in [6, 6.07) is 0. The molecular formula is C6H15BKNO3. The third-order valence-electron chi connectivity index (χ3n) is 1.90. The van der Waals surface area contributed by atoms with Crippen LogP contribution in [0, 0.1) is 0 Å². The standard InChI is InChI=1S/C6H12N.BH3O3.K/c1-7-5-3-2-4-6-7;2-1(3)4;/h1-6H2;2-4H;. The Labute approximate surface area is 108 Å². The van der Waals surface area contributed by atoms with Crippen molar-refractivity contribution < 1.29 is 15.1 Å². The number of nitrogens with zero attached hydrogens (tertiary/aromatic N) is 1. The van der Waals surface area contributed by atoms with Gasteiger partial charge in [-0.3, -0.25) is 0 Å². The summed E-state index contributed by atoms with van der Waals surface area (Å²) in [5.74, 6) is 0. The topological polar surface area (TPSA) is 63.9 Å². The summed E-state index contributed by atoms with van der Waals surface area (Å²) in [7, 11) is -2.17. The Kier molecular flexibility index (Phi) is 10.3. The van der Waals surface area contributed by atoms with Gasteiger partial charge in [0.05, 0.1) is 0 Å². The molecule has 1 saturated heterocycles. The number of rotatable bonds is 1. The van der Waals surface area contributed by atoms with Crippen LogP contribution in [-0.4, -0.2) is 90.0 Å². The molecule has 0 spiro atoms. The van der Waals surface area contributed by atoms with Crippen molar-refractivity contribution in [3.8, 4) is 0 Å². The van der Waals surface area contributed by atoms with Crippen molar-refractivity contribution in [3.63, 3.8) is 0 Å². The zero-order valence-corrected chi connectivity index (χ0v) is 10.7. The summed E-state index contributed by atoms with van der Waals surface area (Å²) < 4.78 is 1.44. The molecule has 0 unspecified atom stereocenters. The van der Waals surface area contributed by atoms with E-state index in [0.29, 0.717) is 0 Å². The van der Waals surface area contributed by atoms with Gasteiger partial charge in [0.25, 0.3) is 0 Å². The van der Waals surface area contributed by atoms with Crippen LogP contribution in [0.15, 0.2) is 0 Å². The van der Waals surface area contributed by atoms with Crippen molar-refractivity contribution >= 4 is 56.3 Å². The molecule has 3 N–H and O–H groups in total. The molecule has 6 heteroatoms. The van der Waals surface area contributed by atoms with Gasteiger partial charge in [0.15, 0.2) is 0 Å². The van der Waals surface area contributed by atoms with Crippen LogP contribution in [0.2, 0.25) is 0 Å². The number of hydrogen-bond donors (Lipinski definition) is 3. The van der Waals surface area contributed by atoms with E-state index in [1.807, 2.05) is 0 Å². The van der Waals surface area contributed by atoms with Gasteiger partial charge < -0.3 is 15.1 Å². The van der Waals surface area contributed by atoms with Crippen molar-refractivity contribution in [2.45, 2.75) is 19.3 Å². The summed E-state index contributed by atoms with van der Waals surface area (Å²) in [4.78, 5) is 2.60. The third kappa shape index (κ3) is 9.63. The fourth-order valence-electron chi connectivity index (χ4n) is 1.28. The van der Waals surface area contributed by atoms with E-state index in [0.717, 1.165) is 49.0 Å². The summed E-state index contributed by atoms with van der Waals surface area (Å²) in [5.41, 5.74) is 0. The van der Waals surface area contributed by atoms with Crippen molar-refractivity contribution in [2.75, 3.05) is 13.7 Å². The normalized spacial score (nSPS) is 18.1. The molecule has 0 atom stereocenters. The summed E-state index contributed by atoms with van der Waals surface area (Å²) in [6.07, 6.45) is 4.38. The fourth-order valence-corrected chi connectivity index (χ4v) is 2.26. The Bertz CT molecular complexity index is 98.0. The van der Waals surface area contributed by atoms with Crippen LogP contribution in [0.25, 0.3) is 0 Å². The van der Waals surface area contributed by atoms with Crippen LogP contribution in [0.1, 0.15) is 19.3 Å². The molecule has 0 aliphatic carbocycles. The van der Waals surface area contributed by atoms with Crippen LogP contribution < -0.4 is 0 Å². The zero-order valence-electron chi connectivity index (χ0n) is 7.61. The molecule has 0 bridgehead atoms. The second kappa shape index (κ2) is 9.11. The molecule has 1 rings (SSSR count). The number of hydrogen-bond acceptors (Lipinski definition) is 4. The molecule has 1 heterocycles. The van der Waals surface area contributed by atoms with Gasteiger partial charge >= 0.3 is 94.2 Å². The van der Waals surface area contributed by atoms with Crippen molar-refractivity contribution in [1.29, 1.82) is 0 Å². The van der Waals surface area contributed by atoms with Crippen LogP contribution in [0.4, 0.5) is 0 Å². The van der Waals surface area contributed by atoms with E-state index in [1.54, 1.807) is 0 Å². The van der Waals surface area contributed by atoms with Crippen LogP contribution >= 0.6 is 0 Å². The van der Waals surface area contributed by atoms with E-state index >= 15 is 0 Å². The first-order valence-electron chi connectivity index (χ1n) is 4.43. The van der Waals surface area contributed by atoms with Crippen molar-refractivity contribution in [3.05, 3.63) is 0 Å². The predicted molar refractivity (Wildman–Crippen MR) is 48.5 cm³/mol. The first-order valence-corrected chi connectivity index (χ1v) is 6.64.